The van der Waals surface area contributed by atoms with Gasteiger partial charge in [-0.2, -0.15) is 0 Å². The monoisotopic (exact) mass is 352 g/mol. The second-order valence-corrected chi connectivity index (χ2v) is 8.62. The van der Waals surface area contributed by atoms with Gasteiger partial charge in [0.05, 0.1) is 17.9 Å². The van der Waals surface area contributed by atoms with Crippen LogP contribution in [0.5, 0.6) is 0 Å². The van der Waals surface area contributed by atoms with Crippen LogP contribution in [0.1, 0.15) is 38.5 Å². The van der Waals surface area contributed by atoms with E-state index in [1.165, 1.54) is 0 Å². The van der Waals surface area contributed by atoms with Crippen molar-refractivity contribution in [2.24, 2.45) is 5.92 Å². The van der Waals surface area contributed by atoms with Crippen molar-refractivity contribution in [1.82, 2.24) is 10.0 Å². The van der Waals surface area contributed by atoms with Crippen LogP contribution in [0, 0.1) is 5.92 Å². The normalized spacial score (nSPS) is 34.9. The molecule has 132 valence electrons. The van der Waals surface area contributed by atoms with Crippen molar-refractivity contribution in [2.45, 2.75) is 62.6 Å². The molecule has 2 N–H and O–H groups in total. The number of rotatable bonds is 5. The van der Waals surface area contributed by atoms with Crippen LogP contribution >= 0.6 is 0 Å². The summed E-state index contributed by atoms with van der Waals surface area (Å²) in [4.78, 5) is 11.6. The largest absolute Gasteiger partial charge is 0.376 e. The molecule has 3 atom stereocenters. The van der Waals surface area contributed by atoms with Gasteiger partial charge in [-0.05, 0) is 25.2 Å². The van der Waals surface area contributed by atoms with Crippen LogP contribution in [0.2, 0.25) is 0 Å². The Labute approximate surface area is 134 Å². The van der Waals surface area contributed by atoms with E-state index < -0.39 is 33.9 Å². The summed E-state index contributed by atoms with van der Waals surface area (Å²) in [7, 11) is -3.66. The summed E-state index contributed by atoms with van der Waals surface area (Å²) in [5.74, 6) is -3.62. The first-order chi connectivity index (χ1) is 10.7. The fraction of sp³-hybridized carbons (Fsp3) is 0.929. The van der Waals surface area contributed by atoms with Gasteiger partial charge in [-0.1, -0.05) is 0 Å². The Morgan fingerprint density at radius 1 is 1.30 bits per heavy atom. The quantitative estimate of drug-likeness (QED) is 0.766. The van der Waals surface area contributed by atoms with E-state index in [1.807, 2.05) is 0 Å². The van der Waals surface area contributed by atoms with Crippen LogP contribution < -0.4 is 10.0 Å². The van der Waals surface area contributed by atoms with E-state index in [4.69, 9.17) is 4.74 Å². The Kier molecular flexibility index (Phi) is 4.63. The van der Waals surface area contributed by atoms with Crippen LogP contribution in [0.25, 0.3) is 0 Å². The average Bonchev–Trinajstić information content (AvgIpc) is 2.91. The lowest BCUT2D eigenvalue weighted by atomic mass is 9.83. The molecule has 9 heteroatoms. The highest BCUT2D eigenvalue weighted by Gasteiger charge is 2.47. The maximum atomic E-state index is 12.9. The van der Waals surface area contributed by atoms with Crippen LogP contribution in [0.4, 0.5) is 8.78 Å². The number of sulfonamides is 1. The van der Waals surface area contributed by atoms with E-state index in [-0.39, 0.29) is 37.0 Å². The van der Waals surface area contributed by atoms with Crippen molar-refractivity contribution in [3.8, 4) is 0 Å². The molecular formula is C14H22F2N2O4S. The van der Waals surface area contributed by atoms with E-state index in [0.717, 1.165) is 12.8 Å². The SMILES string of the molecule is O=C1CC[C@H](NS(=O)(=O)CC2CC(F)(F)C2)[C@@H](C2CCCO2)N1. The summed E-state index contributed by atoms with van der Waals surface area (Å²) < 4.78 is 58.4. The average molecular weight is 352 g/mol. The standard InChI is InChI=1S/C14H22F2N2O4S/c15-14(16)6-9(7-14)8-23(20,21)18-10-3-4-12(19)17-13(10)11-2-1-5-22-11/h9-11,13,18H,1-8H2,(H,17,19)/t10-,11?,13-/m0/s1. The van der Waals surface area contributed by atoms with Gasteiger partial charge in [0.15, 0.2) is 0 Å². The van der Waals surface area contributed by atoms with Gasteiger partial charge in [-0.25, -0.2) is 21.9 Å². The Balaban J connectivity index is 1.60. The molecule has 3 rings (SSSR count). The molecule has 1 saturated carbocycles. The Bertz CT molecular complexity index is 555. The minimum atomic E-state index is -3.66. The lowest BCUT2D eigenvalue weighted by Crippen LogP contribution is -2.60. The zero-order valence-electron chi connectivity index (χ0n) is 12.8. The van der Waals surface area contributed by atoms with E-state index in [1.54, 1.807) is 0 Å². The molecule has 2 aliphatic heterocycles. The molecule has 0 aromatic heterocycles. The van der Waals surface area contributed by atoms with Crippen LogP contribution in [-0.4, -0.2) is 50.8 Å². The maximum absolute atomic E-state index is 12.9. The lowest BCUT2D eigenvalue weighted by Gasteiger charge is -2.37. The highest BCUT2D eigenvalue weighted by Crippen LogP contribution is 2.42. The zero-order valence-corrected chi connectivity index (χ0v) is 13.6. The number of alkyl halides is 2. The number of carbonyl (C=O) groups excluding carboxylic acids is 1. The Morgan fingerprint density at radius 2 is 2.04 bits per heavy atom. The van der Waals surface area contributed by atoms with Crippen molar-refractivity contribution in [3.63, 3.8) is 0 Å². The third-order valence-corrected chi connectivity index (χ3v) is 6.34. The summed E-state index contributed by atoms with van der Waals surface area (Å²) in [5, 5.41) is 2.81. The molecule has 0 spiro atoms. The number of carbonyl (C=O) groups is 1. The first-order valence-electron chi connectivity index (χ1n) is 8.03. The predicted molar refractivity (Wildman–Crippen MR) is 78.5 cm³/mol. The minimum Gasteiger partial charge on any atom is -0.376 e. The summed E-state index contributed by atoms with van der Waals surface area (Å²) >= 11 is 0. The molecular weight excluding hydrogens is 330 g/mol. The van der Waals surface area contributed by atoms with Gasteiger partial charge in [-0.3, -0.25) is 4.79 Å². The number of halogens is 2. The molecule has 1 aliphatic carbocycles. The molecule has 3 fully saturated rings. The van der Waals surface area contributed by atoms with Crippen LogP contribution in [0.15, 0.2) is 0 Å². The smallest absolute Gasteiger partial charge is 0.248 e. The van der Waals surface area contributed by atoms with Crippen molar-refractivity contribution >= 4 is 15.9 Å². The molecule has 0 bridgehead atoms. The lowest BCUT2D eigenvalue weighted by molar-refractivity contribution is -0.125. The van der Waals surface area contributed by atoms with Crippen molar-refractivity contribution < 1.29 is 26.7 Å². The first kappa shape index (κ1) is 17.0. The van der Waals surface area contributed by atoms with Gasteiger partial charge in [0.25, 0.3) is 0 Å². The summed E-state index contributed by atoms with van der Waals surface area (Å²) in [6, 6.07) is -0.835. The molecule has 6 nitrogen and oxygen atoms in total. The second-order valence-electron chi connectivity index (χ2n) is 6.82. The highest BCUT2D eigenvalue weighted by atomic mass is 32.2. The Hall–Kier alpha value is -0.800. The number of hydrogen-bond donors (Lipinski definition) is 2. The number of amides is 1. The number of hydrogen-bond acceptors (Lipinski definition) is 4. The van der Waals surface area contributed by atoms with Crippen molar-refractivity contribution in [1.29, 1.82) is 0 Å². The topological polar surface area (TPSA) is 84.5 Å². The highest BCUT2D eigenvalue weighted by molar-refractivity contribution is 7.89. The summed E-state index contributed by atoms with van der Waals surface area (Å²) in [5.41, 5.74) is 0. The molecule has 3 aliphatic rings. The molecule has 2 saturated heterocycles. The van der Waals surface area contributed by atoms with Crippen LogP contribution in [0.3, 0.4) is 0 Å². The fourth-order valence-corrected chi connectivity index (χ4v) is 5.36. The minimum absolute atomic E-state index is 0.111. The van der Waals surface area contributed by atoms with E-state index in [2.05, 4.69) is 10.0 Å². The molecule has 0 radical (unpaired) electrons. The third kappa shape index (κ3) is 4.19. The van der Waals surface area contributed by atoms with Crippen molar-refractivity contribution in [2.75, 3.05) is 12.4 Å². The van der Waals surface area contributed by atoms with E-state index in [9.17, 15) is 22.0 Å². The van der Waals surface area contributed by atoms with Crippen molar-refractivity contribution in [3.05, 3.63) is 0 Å². The Morgan fingerprint density at radius 3 is 2.65 bits per heavy atom. The molecule has 0 aromatic carbocycles. The van der Waals surface area contributed by atoms with Gasteiger partial charge < -0.3 is 10.1 Å². The molecule has 2 heterocycles. The number of nitrogens with one attached hydrogen (secondary N) is 2. The van der Waals surface area contributed by atoms with Gasteiger partial charge in [-0.15, -0.1) is 0 Å². The summed E-state index contributed by atoms with van der Waals surface area (Å²) in [6.45, 7) is 0.605. The van der Waals surface area contributed by atoms with E-state index in [0.29, 0.717) is 13.0 Å². The van der Waals surface area contributed by atoms with Gasteiger partial charge in [0.2, 0.25) is 21.9 Å². The van der Waals surface area contributed by atoms with E-state index >= 15 is 0 Å². The summed E-state index contributed by atoms with van der Waals surface area (Å²) in [6.07, 6.45) is 1.37. The van der Waals surface area contributed by atoms with Gasteiger partial charge in [0, 0.05) is 31.9 Å². The molecule has 23 heavy (non-hydrogen) atoms. The zero-order chi connectivity index (χ0) is 16.7. The first-order valence-corrected chi connectivity index (χ1v) is 9.68. The second kappa shape index (κ2) is 6.25. The molecule has 0 aromatic rings. The number of ether oxygens (including phenoxy) is 1. The molecule has 1 unspecified atom stereocenters. The fourth-order valence-electron chi connectivity index (χ4n) is 3.69. The predicted octanol–water partition coefficient (Wildman–Crippen LogP) is 0.777. The van der Waals surface area contributed by atoms with Crippen LogP contribution in [-0.2, 0) is 19.6 Å². The van der Waals surface area contributed by atoms with Gasteiger partial charge >= 0.3 is 0 Å². The maximum Gasteiger partial charge on any atom is 0.248 e. The third-order valence-electron chi connectivity index (χ3n) is 4.77. The molecule has 1 amide bonds. The van der Waals surface area contributed by atoms with Gasteiger partial charge in [0.1, 0.15) is 0 Å². The number of piperidine rings is 1.